The van der Waals surface area contributed by atoms with Gasteiger partial charge in [0.1, 0.15) is 11.6 Å². The number of hydrogen-bond acceptors (Lipinski definition) is 3. The maximum absolute atomic E-state index is 12.2. The Hall–Kier alpha value is -3.08. The Morgan fingerprint density at radius 1 is 1.13 bits per heavy atom. The molecule has 116 valence electrons. The Labute approximate surface area is 134 Å². The van der Waals surface area contributed by atoms with Crippen LogP contribution in [0.5, 0.6) is 0 Å². The molecule has 1 aromatic carbocycles. The maximum atomic E-state index is 12.2. The van der Waals surface area contributed by atoms with Gasteiger partial charge >= 0.3 is 0 Å². The summed E-state index contributed by atoms with van der Waals surface area (Å²) in [5.74, 6) is 0.614. The van der Waals surface area contributed by atoms with Gasteiger partial charge in [0.25, 0.3) is 5.91 Å². The van der Waals surface area contributed by atoms with Gasteiger partial charge in [-0.3, -0.25) is 4.79 Å². The fourth-order valence-corrected chi connectivity index (χ4v) is 2.40. The summed E-state index contributed by atoms with van der Waals surface area (Å²) in [5.41, 5.74) is 9.55. The molecule has 0 saturated carbocycles. The molecule has 0 atom stereocenters. The van der Waals surface area contributed by atoms with Crippen molar-refractivity contribution in [3.05, 3.63) is 65.9 Å². The van der Waals surface area contributed by atoms with E-state index in [1.54, 1.807) is 18.2 Å². The van der Waals surface area contributed by atoms with Crippen LogP contribution in [0.2, 0.25) is 0 Å². The summed E-state index contributed by atoms with van der Waals surface area (Å²) in [7, 11) is 1.95. The second kappa shape index (κ2) is 5.96. The van der Waals surface area contributed by atoms with Crippen molar-refractivity contribution in [2.75, 3.05) is 11.1 Å². The molecule has 2 heterocycles. The van der Waals surface area contributed by atoms with Gasteiger partial charge in [-0.15, -0.1) is 0 Å². The van der Waals surface area contributed by atoms with Crippen molar-refractivity contribution >= 4 is 17.5 Å². The summed E-state index contributed by atoms with van der Waals surface area (Å²) in [5, 5.41) is 2.77. The van der Waals surface area contributed by atoms with Crippen molar-refractivity contribution in [3.8, 4) is 11.3 Å². The minimum absolute atomic E-state index is 0.205. The van der Waals surface area contributed by atoms with E-state index >= 15 is 0 Å². The molecular formula is C18H18N4O. The normalized spacial score (nSPS) is 10.5. The molecule has 3 N–H and O–H groups in total. The second-order valence-corrected chi connectivity index (χ2v) is 5.45. The van der Waals surface area contributed by atoms with Gasteiger partial charge in [-0.05, 0) is 43.3 Å². The van der Waals surface area contributed by atoms with E-state index in [0.717, 1.165) is 16.8 Å². The summed E-state index contributed by atoms with van der Waals surface area (Å²) < 4.78 is 1.97. The number of aromatic nitrogens is 2. The minimum atomic E-state index is -0.205. The van der Waals surface area contributed by atoms with E-state index in [4.69, 9.17) is 5.73 Å². The first-order valence-electron chi connectivity index (χ1n) is 7.31. The van der Waals surface area contributed by atoms with Crippen LogP contribution in [0, 0.1) is 6.92 Å². The number of benzene rings is 1. The monoisotopic (exact) mass is 306 g/mol. The van der Waals surface area contributed by atoms with Crippen LogP contribution in [0.25, 0.3) is 11.3 Å². The Morgan fingerprint density at radius 2 is 1.87 bits per heavy atom. The lowest BCUT2D eigenvalue weighted by atomic mass is 10.1. The maximum Gasteiger partial charge on any atom is 0.256 e. The van der Waals surface area contributed by atoms with Gasteiger partial charge in [-0.1, -0.05) is 17.7 Å². The number of rotatable bonds is 3. The summed E-state index contributed by atoms with van der Waals surface area (Å²) in [6.07, 6.45) is 1.95. The molecule has 5 nitrogen and oxygen atoms in total. The molecule has 23 heavy (non-hydrogen) atoms. The van der Waals surface area contributed by atoms with E-state index in [0.29, 0.717) is 17.2 Å². The molecule has 0 aliphatic heterocycles. The van der Waals surface area contributed by atoms with Gasteiger partial charge in [-0.25, -0.2) is 4.98 Å². The van der Waals surface area contributed by atoms with Crippen LogP contribution in [0.1, 0.15) is 15.9 Å². The van der Waals surface area contributed by atoms with Crippen LogP contribution in [0.3, 0.4) is 0 Å². The Kier molecular flexibility index (Phi) is 3.85. The third kappa shape index (κ3) is 3.08. The summed E-state index contributed by atoms with van der Waals surface area (Å²) in [6, 6.07) is 14.9. The predicted octanol–water partition coefficient (Wildman–Crippen LogP) is 3.23. The smallest absolute Gasteiger partial charge is 0.256 e. The minimum Gasteiger partial charge on any atom is -0.383 e. The largest absolute Gasteiger partial charge is 0.383 e. The van der Waals surface area contributed by atoms with Crippen LogP contribution >= 0.6 is 0 Å². The first kappa shape index (κ1) is 14.8. The van der Waals surface area contributed by atoms with Crippen molar-refractivity contribution in [1.82, 2.24) is 9.55 Å². The molecule has 0 spiro atoms. The van der Waals surface area contributed by atoms with Gasteiger partial charge < -0.3 is 15.6 Å². The number of anilines is 2. The zero-order valence-corrected chi connectivity index (χ0v) is 13.1. The van der Waals surface area contributed by atoms with E-state index in [9.17, 15) is 4.79 Å². The van der Waals surface area contributed by atoms with Gasteiger partial charge in [-0.2, -0.15) is 0 Å². The molecule has 0 unspecified atom stereocenters. The summed E-state index contributed by atoms with van der Waals surface area (Å²) in [6.45, 7) is 1.98. The lowest BCUT2D eigenvalue weighted by Gasteiger charge is -2.10. The average molecular weight is 306 g/mol. The van der Waals surface area contributed by atoms with E-state index in [2.05, 4.69) is 10.3 Å². The number of carbonyl (C=O) groups excluding carboxylic acids is 1. The van der Waals surface area contributed by atoms with Crippen LogP contribution < -0.4 is 11.1 Å². The second-order valence-electron chi connectivity index (χ2n) is 5.45. The van der Waals surface area contributed by atoms with E-state index in [1.807, 2.05) is 55.1 Å². The third-order valence-corrected chi connectivity index (χ3v) is 3.70. The Morgan fingerprint density at radius 3 is 2.48 bits per heavy atom. The molecule has 0 aliphatic carbocycles. The van der Waals surface area contributed by atoms with Crippen molar-refractivity contribution in [2.24, 2.45) is 7.05 Å². The molecule has 5 heteroatoms. The zero-order chi connectivity index (χ0) is 16.4. The zero-order valence-electron chi connectivity index (χ0n) is 13.1. The number of hydrogen-bond donors (Lipinski definition) is 2. The van der Waals surface area contributed by atoms with Gasteiger partial charge in [0.15, 0.2) is 0 Å². The first-order chi connectivity index (χ1) is 11.0. The van der Waals surface area contributed by atoms with Crippen LogP contribution in [-0.4, -0.2) is 15.5 Å². The number of nitrogens with zero attached hydrogens (tertiary/aromatic N) is 2. The average Bonchev–Trinajstić information content (AvgIpc) is 2.94. The van der Waals surface area contributed by atoms with Crippen molar-refractivity contribution in [3.63, 3.8) is 0 Å². The molecule has 3 aromatic rings. The fraction of sp³-hybridized carbons (Fsp3) is 0.111. The number of nitrogens with one attached hydrogen (secondary N) is 1. The Balaban J connectivity index is 1.82. The van der Waals surface area contributed by atoms with Gasteiger partial charge in [0.2, 0.25) is 0 Å². The van der Waals surface area contributed by atoms with E-state index in [-0.39, 0.29) is 5.91 Å². The highest BCUT2D eigenvalue weighted by atomic mass is 16.1. The highest BCUT2D eigenvalue weighted by Gasteiger charge is 2.10. The van der Waals surface area contributed by atoms with Crippen LogP contribution in [0.15, 0.2) is 54.7 Å². The molecule has 0 bridgehead atoms. The molecule has 0 saturated heterocycles. The molecule has 1 amide bonds. The topological polar surface area (TPSA) is 72.9 Å². The molecule has 0 radical (unpaired) electrons. The third-order valence-electron chi connectivity index (χ3n) is 3.70. The number of nitrogens with two attached hydrogens (primary N) is 1. The lowest BCUT2D eigenvalue weighted by Crippen LogP contribution is -2.13. The van der Waals surface area contributed by atoms with Crippen molar-refractivity contribution in [2.45, 2.75) is 6.92 Å². The van der Waals surface area contributed by atoms with Crippen molar-refractivity contribution in [1.29, 1.82) is 0 Å². The summed E-state index contributed by atoms with van der Waals surface area (Å²) >= 11 is 0. The highest BCUT2D eigenvalue weighted by molar-refractivity contribution is 6.04. The fourth-order valence-electron chi connectivity index (χ4n) is 2.40. The number of nitrogen functional groups attached to an aromatic ring is 1. The van der Waals surface area contributed by atoms with E-state index in [1.165, 1.54) is 0 Å². The summed E-state index contributed by atoms with van der Waals surface area (Å²) in [4.78, 5) is 16.5. The van der Waals surface area contributed by atoms with Gasteiger partial charge in [0.05, 0.1) is 5.69 Å². The number of amides is 1. The SMILES string of the molecule is Cc1ccc(C(=O)Nc2ccc(-c3cccn3C)c(N)n2)cc1. The van der Waals surface area contributed by atoms with Gasteiger partial charge in [0, 0.05) is 24.4 Å². The molecule has 0 fully saturated rings. The lowest BCUT2D eigenvalue weighted by molar-refractivity contribution is 0.102. The number of pyridine rings is 1. The quantitative estimate of drug-likeness (QED) is 0.780. The molecule has 0 aliphatic rings. The standard InChI is InChI=1S/C18H18N4O/c1-12-5-7-13(8-6-12)18(23)21-16-10-9-14(17(19)20-16)15-4-3-11-22(15)2/h3-11H,1-2H3,(H3,19,20,21,23). The highest BCUT2D eigenvalue weighted by Crippen LogP contribution is 2.26. The molecule has 2 aromatic heterocycles. The van der Waals surface area contributed by atoms with Crippen LogP contribution in [0.4, 0.5) is 11.6 Å². The van der Waals surface area contributed by atoms with Crippen molar-refractivity contribution < 1.29 is 4.79 Å². The number of carbonyl (C=O) groups is 1. The molecular weight excluding hydrogens is 288 g/mol. The van der Waals surface area contributed by atoms with E-state index < -0.39 is 0 Å². The molecule has 3 rings (SSSR count). The first-order valence-corrected chi connectivity index (χ1v) is 7.31. The predicted molar refractivity (Wildman–Crippen MR) is 92.2 cm³/mol. The van der Waals surface area contributed by atoms with Crippen LogP contribution in [-0.2, 0) is 7.05 Å². The Bertz CT molecular complexity index is 850. The number of aryl methyl sites for hydroxylation is 2.